The first-order chi connectivity index (χ1) is 10.2. The highest BCUT2D eigenvalue weighted by atomic mass is 35.5. The second-order valence-corrected chi connectivity index (χ2v) is 5.03. The van der Waals surface area contributed by atoms with Crippen LogP contribution in [0.15, 0.2) is 54.6 Å². The molecule has 0 aliphatic heterocycles. The summed E-state index contributed by atoms with van der Waals surface area (Å²) in [6, 6.07) is 16.7. The quantitative estimate of drug-likeness (QED) is 0.822. The third-order valence-corrected chi connectivity index (χ3v) is 3.39. The number of benzene rings is 2. The van der Waals surface area contributed by atoms with Gasteiger partial charge in [0, 0.05) is 6.42 Å². The zero-order valence-corrected chi connectivity index (χ0v) is 12.6. The first-order valence-corrected chi connectivity index (χ1v) is 7.30. The van der Waals surface area contributed by atoms with Crippen molar-refractivity contribution in [1.29, 1.82) is 0 Å². The Kier molecular flexibility index (Phi) is 5.64. The Morgan fingerprint density at radius 2 is 1.81 bits per heavy atom. The predicted molar refractivity (Wildman–Crippen MR) is 85.6 cm³/mol. The highest BCUT2D eigenvalue weighted by Gasteiger charge is 2.20. The molecule has 0 amide bonds. The van der Waals surface area contributed by atoms with Crippen molar-refractivity contribution in [3.05, 3.63) is 65.2 Å². The van der Waals surface area contributed by atoms with Crippen molar-refractivity contribution in [3.8, 4) is 0 Å². The van der Waals surface area contributed by atoms with E-state index in [1.54, 1.807) is 13.0 Å². The minimum Gasteiger partial charge on any atom is -0.464 e. The SMILES string of the molecule is CCOC(=O)C(Cc1ccccc1)Nc1ccccc1Cl. The molecule has 0 fully saturated rings. The second-order valence-electron chi connectivity index (χ2n) is 4.62. The lowest BCUT2D eigenvalue weighted by Crippen LogP contribution is -2.33. The number of ether oxygens (including phenoxy) is 1. The monoisotopic (exact) mass is 303 g/mol. The van der Waals surface area contributed by atoms with Gasteiger partial charge in [-0.3, -0.25) is 0 Å². The molecule has 4 heteroatoms. The van der Waals surface area contributed by atoms with Gasteiger partial charge in [0.1, 0.15) is 6.04 Å². The van der Waals surface area contributed by atoms with Crippen LogP contribution < -0.4 is 5.32 Å². The lowest BCUT2D eigenvalue weighted by Gasteiger charge is -2.19. The Morgan fingerprint density at radius 3 is 2.48 bits per heavy atom. The molecule has 0 bridgehead atoms. The number of esters is 1. The van der Waals surface area contributed by atoms with Crippen molar-refractivity contribution in [1.82, 2.24) is 0 Å². The van der Waals surface area contributed by atoms with Gasteiger partial charge in [-0.2, -0.15) is 0 Å². The van der Waals surface area contributed by atoms with Gasteiger partial charge in [0.2, 0.25) is 0 Å². The third kappa shape index (κ3) is 4.50. The van der Waals surface area contributed by atoms with Crippen LogP contribution in [0.3, 0.4) is 0 Å². The summed E-state index contributed by atoms with van der Waals surface area (Å²) in [4.78, 5) is 12.1. The van der Waals surface area contributed by atoms with Gasteiger partial charge < -0.3 is 10.1 Å². The molecule has 1 N–H and O–H groups in total. The fourth-order valence-corrected chi connectivity index (χ4v) is 2.24. The molecule has 1 unspecified atom stereocenters. The summed E-state index contributed by atoms with van der Waals surface area (Å²) < 4.78 is 5.14. The van der Waals surface area contributed by atoms with Crippen LogP contribution >= 0.6 is 11.6 Å². The molecule has 0 aliphatic carbocycles. The summed E-state index contributed by atoms with van der Waals surface area (Å²) in [6.45, 7) is 2.15. The topological polar surface area (TPSA) is 38.3 Å². The van der Waals surface area contributed by atoms with Crippen molar-refractivity contribution in [2.45, 2.75) is 19.4 Å². The maximum Gasteiger partial charge on any atom is 0.328 e. The van der Waals surface area contributed by atoms with Gasteiger partial charge in [0.05, 0.1) is 17.3 Å². The fraction of sp³-hybridized carbons (Fsp3) is 0.235. The lowest BCUT2D eigenvalue weighted by molar-refractivity contribution is -0.144. The van der Waals surface area contributed by atoms with Crippen LogP contribution in [0.25, 0.3) is 0 Å². The van der Waals surface area contributed by atoms with Crippen LogP contribution in [0, 0.1) is 0 Å². The van der Waals surface area contributed by atoms with Crippen molar-refractivity contribution in [2.24, 2.45) is 0 Å². The maximum atomic E-state index is 12.1. The lowest BCUT2D eigenvalue weighted by atomic mass is 10.1. The van der Waals surface area contributed by atoms with Crippen molar-refractivity contribution >= 4 is 23.3 Å². The van der Waals surface area contributed by atoms with E-state index in [4.69, 9.17) is 16.3 Å². The molecule has 0 radical (unpaired) electrons. The van der Waals surface area contributed by atoms with Gasteiger partial charge in [0.25, 0.3) is 0 Å². The Hall–Kier alpha value is -2.00. The second kappa shape index (κ2) is 7.70. The molecular weight excluding hydrogens is 286 g/mol. The number of carbonyl (C=O) groups is 1. The number of nitrogens with one attached hydrogen (secondary N) is 1. The predicted octanol–water partition coefficient (Wildman–Crippen LogP) is 3.93. The molecule has 110 valence electrons. The summed E-state index contributed by atoms with van der Waals surface area (Å²) >= 11 is 6.14. The van der Waals surface area contributed by atoms with Gasteiger partial charge >= 0.3 is 5.97 Å². The minimum atomic E-state index is -0.466. The molecule has 0 saturated carbocycles. The molecule has 3 nitrogen and oxygen atoms in total. The minimum absolute atomic E-state index is 0.277. The molecule has 2 rings (SSSR count). The number of hydrogen-bond acceptors (Lipinski definition) is 3. The normalized spacial score (nSPS) is 11.7. The highest BCUT2D eigenvalue weighted by Crippen LogP contribution is 2.22. The highest BCUT2D eigenvalue weighted by molar-refractivity contribution is 6.33. The molecule has 2 aromatic carbocycles. The molecule has 2 aromatic rings. The Balaban J connectivity index is 2.16. The van der Waals surface area contributed by atoms with E-state index in [0.29, 0.717) is 18.1 Å². The average molecular weight is 304 g/mol. The largest absolute Gasteiger partial charge is 0.464 e. The van der Waals surface area contributed by atoms with Gasteiger partial charge in [-0.05, 0) is 24.6 Å². The summed E-state index contributed by atoms with van der Waals surface area (Å²) in [6.07, 6.45) is 0.547. The summed E-state index contributed by atoms with van der Waals surface area (Å²) in [5, 5.41) is 3.76. The van der Waals surface area contributed by atoms with Crippen LogP contribution in [0.5, 0.6) is 0 Å². The molecule has 21 heavy (non-hydrogen) atoms. The molecule has 0 spiro atoms. The Morgan fingerprint density at radius 1 is 1.14 bits per heavy atom. The molecule has 1 atom stereocenters. The van der Waals surface area contributed by atoms with Crippen LogP contribution in [-0.4, -0.2) is 18.6 Å². The fourth-order valence-electron chi connectivity index (χ4n) is 2.05. The third-order valence-electron chi connectivity index (χ3n) is 3.06. The molecule has 0 aliphatic rings. The van der Waals surface area contributed by atoms with Crippen LogP contribution in [0.2, 0.25) is 5.02 Å². The van der Waals surface area contributed by atoms with Gasteiger partial charge in [-0.25, -0.2) is 4.79 Å². The zero-order chi connectivity index (χ0) is 15.1. The average Bonchev–Trinajstić information content (AvgIpc) is 2.50. The molecule has 0 saturated heterocycles. The number of rotatable bonds is 6. The Labute approximate surface area is 129 Å². The van der Waals surface area contributed by atoms with E-state index in [9.17, 15) is 4.79 Å². The summed E-state index contributed by atoms with van der Waals surface area (Å²) in [5.74, 6) is -0.277. The molecule has 0 aromatic heterocycles. The van der Waals surface area contributed by atoms with E-state index in [1.165, 1.54) is 0 Å². The van der Waals surface area contributed by atoms with E-state index < -0.39 is 6.04 Å². The zero-order valence-electron chi connectivity index (χ0n) is 11.9. The molecule has 0 heterocycles. The van der Waals surface area contributed by atoms with E-state index in [0.717, 1.165) is 11.3 Å². The first-order valence-electron chi connectivity index (χ1n) is 6.92. The van der Waals surface area contributed by atoms with E-state index in [1.807, 2.05) is 48.5 Å². The van der Waals surface area contributed by atoms with Crippen molar-refractivity contribution in [2.75, 3.05) is 11.9 Å². The number of para-hydroxylation sites is 1. The van der Waals surface area contributed by atoms with Gasteiger partial charge in [0.15, 0.2) is 0 Å². The van der Waals surface area contributed by atoms with Crippen LogP contribution in [-0.2, 0) is 16.0 Å². The van der Waals surface area contributed by atoms with Crippen LogP contribution in [0.1, 0.15) is 12.5 Å². The van der Waals surface area contributed by atoms with E-state index in [-0.39, 0.29) is 5.97 Å². The standard InChI is InChI=1S/C17H18ClNO2/c1-2-21-17(20)16(12-13-8-4-3-5-9-13)19-15-11-7-6-10-14(15)18/h3-11,16,19H,2,12H2,1H3. The maximum absolute atomic E-state index is 12.1. The van der Waals surface area contributed by atoms with Gasteiger partial charge in [-0.15, -0.1) is 0 Å². The van der Waals surface area contributed by atoms with Gasteiger partial charge in [-0.1, -0.05) is 54.1 Å². The van der Waals surface area contributed by atoms with Crippen LogP contribution in [0.4, 0.5) is 5.69 Å². The number of carbonyl (C=O) groups excluding carboxylic acids is 1. The molecular formula is C17H18ClNO2. The van der Waals surface area contributed by atoms with Crippen molar-refractivity contribution in [3.63, 3.8) is 0 Å². The number of halogens is 1. The summed E-state index contributed by atoms with van der Waals surface area (Å²) in [7, 11) is 0. The summed E-state index contributed by atoms with van der Waals surface area (Å²) in [5.41, 5.74) is 1.79. The van der Waals surface area contributed by atoms with E-state index >= 15 is 0 Å². The Bertz CT molecular complexity index is 586. The smallest absolute Gasteiger partial charge is 0.328 e. The number of anilines is 1. The number of hydrogen-bond donors (Lipinski definition) is 1. The van der Waals surface area contributed by atoms with E-state index in [2.05, 4.69) is 5.32 Å². The first kappa shape index (κ1) is 15.4. The van der Waals surface area contributed by atoms with Crippen molar-refractivity contribution < 1.29 is 9.53 Å².